The number of para-hydroxylation sites is 1. The van der Waals surface area contributed by atoms with Crippen LogP contribution in [0.3, 0.4) is 0 Å². The summed E-state index contributed by atoms with van der Waals surface area (Å²) in [5, 5.41) is 11.8. The third-order valence-corrected chi connectivity index (χ3v) is 2.36. The molecule has 0 radical (unpaired) electrons. The molecule has 0 fully saturated rings. The largest absolute Gasteiger partial charge is 0.394 e. The molecule has 88 valence electrons. The lowest BCUT2D eigenvalue weighted by Gasteiger charge is -2.07. The average molecular weight is 252 g/mol. The molecule has 0 bridgehead atoms. The number of urea groups is 1. The molecule has 1 aromatic carbocycles. The van der Waals surface area contributed by atoms with E-state index in [-0.39, 0.29) is 0 Å². The van der Waals surface area contributed by atoms with Crippen molar-refractivity contribution in [1.82, 2.24) is 10.2 Å². The van der Waals surface area contributed by atoms with Gasteiger partial charge < -0.3 is 11.1 Å². The summed E-state index contributed by atoms with van der Waals surface area (Å²) < 4.78 is 0. The number of nitrogens with two attached hydrogens (primary N) is 1. The highest BCUT2D eigenvalue weighted by Gasteiger charge is 2.08. The molecule has 0 spiro atoms. The maximum absolute atomic E-state index is 11.6. The normalized spacial score (nSPS) is 9.94. The number of carbonyl (C=O) groups excluding carboxylic acids is 1. The Hall–Kier alpha value is -2.21. The number of halogens is 1. The van der Waals surface area contributed by atoms with Crippen LogP contribution in [0.2, 0.25) is 5.02 Å². The maximum atomic E-state index is 11.6. The van der Waals surface area contributed by atoms with E-state index in [1.165, 1.54) is 6.20 Å². The second kappa shape index (κ2) is 4.75. The van der Waals surface area contributed by atoms with Crippen LogP contribution in [0.1, 0.15) is 0 Å². The highest BCUT2D eigenvalue weighted by Crippen LogP contribution is 2.21. The van der Waals surface area contributed by atoms with Crippen molar-refractivity contribution in [2.75, 3.05) is 16.4 Å². The van der Waals surface area contributed by atoms with E-state index in [2.05, 4.69) is 20.8 Å². The zero-order valence-electron chi connectivity index (χ0n) is 8.70. The first-order valence-corrected chi connectivity index (χ1v) is 5.16. The Morgan fingerprint density at radius 3 is 2.76 bits per heavy atom. The zero-order valence-corrected chi connectivity index (χ0v) is 9.45. The van der Waals surface area contributed by atoms with Gasteiger partial charge in [0.15, 0.2) is 5.82 Å². The summed E-state index contributed by atoms with van der Waals surface area (Å²) in [5.41, 5.74) is 6.43. The Balaban J connectivity index is 2.03. The number of hydrogen-bond acceptors (Lipinski definition) is 3. The second-order valence-electron chi connectivity index (χ2n) is 3.26. The lowest BCUT2D eigenvalue weighted by Crippen LogP contribution is -2.20. The van der Waals surface area contributed by atoms with Crippen molar-refractivity contribution in [3.05, 3.63) is 35.5 Å². The smallest absolute Gasteiger partial charge is 0.324 e. The molecule has 6 nitrogen and oxygen atoms in total. The van der Waals surface area contributed by atoms with Crippen molar-refractivity contribution < 1.29 is 4.79 Å². The van der Waals surface area contributed by atoms with E-state index in [1.807, 2.05) is 0 Å². The van der Waals surface area contributed by atoms with Crippen LogP contribution in [0.4, 0.5) is 22.0 Å². The van der Waals surface area contributed by atoms with Gasteiger partial charge in [0.25, 0.3) is 0 Å². The Bertz CT molecular complexity index is 539. The molecule has 17 heavy (non-hydrogen) atoms. The van der Waals surface area contributed by atoms with Gasteiger partial charge in [-0.25, -0.2) is 4.79 Å². The van der Waals surface area contributed by atoms with Crippen LogP contribution in [0.5, 0.6) is 0 Å². The fourth-order valence-corrected chi connectivity index (χ4v) is 1.41. The molecule has 7 heteroatoms. The van der Waals surface area contributed by atoms with Gasteiger partial charge in [0.05, 0.1) is 22.6 Å². The molecule has 0 saturated carbocycles. The van der Waals surface area contributed by atoms with Crippen LogP contribution in [0.15, 0.2) is 30.5 Å². The topological polar surface area (TPSA) is 95.8 Å². The molecule has 0 aliphatic rings. The van der Waals surface area contributed by atoms with E-state index >= 15 is 0 Å². The summed E-state index contributed by atoms with van der Waals surface area (Å²) in [7, 11) is 0. The van der Waals surface area contributed by atoms with Gasteiger partial charge in [0.2, 0.25) is 0 Å². The molecule has 0 aliphatic carbocycles. The summed E-state index contributed by atoms with van der Waals surface area (Å²) in [5.74, 6) is 0.342. The number of rotatable bonds is 2. The Labute approximate surface area is 102 Å². The number of hydrogen-bond donors (Lipinski definition) is 4. The predicted molar refractivity (Wildman–Crippen MR) is 67.1 cm³/mol. The molecule has 1 aromatic heterocycles. The summed E-state index contributed by atoms with van der Waals surface area (Å²) in [6.45, 7) is 0. The molecule has 0 aliphatic heterocycles. The zero-order chi connectivity index (χ0) is 12.3. The lowest BCUT2D eigenvalue weighted by atomic mass is 10.3. The monoisotopic (exact) mass is 251 g/mol. The maximum Gasteiger partial charge on any atom is 0.324 e. The van der Waals surface area contributed by atoms with Gasteiger partial charge in [0, 0.05) is 0 Å². The fourth-order valence-electron chi connectivity index (χ4n) is 1.23. The number of carbonyl (C=O) groups is 1. The van der Waals surface area contributed by atoms with Crippen LogP contribution < -0.4 is 16.4 Å². The van der Waals surface area contributed by atoms with Crippen molar-refractivity contribution in [2.45, 2.75) is 0 Å². The van der Waals surface area contributed by atoms with Crippen LogP contribution >= 0.6 is 11.6 Å². The second-order valence-corrected chi connectivity index (χ2v) is 3.67. The summed E-state index contributed by atoms with van der Waals surface area (Å²) in [6, 6.07) is 6.47. The minimum Gasteiger partial charge on any atom is -0.394 e. The SMILES string of the molecule is Nc1cn[nH]c1NC(=O)Nc1ccccc1Cl. The third kappa shape index (κ3) is 2.67. The molecular weight excluding hydrogens is 242 g/mol. The van der Waals surface area contributed by atoms with Crippen molar-refractivity contribution in [3.8, 4) is 0 Å². The van der Waals surface area contributed by atoms with E-state index < -0.39 is 6.03 Å². The van der Waals surface area contributed by atoms with Gasteiger partial charge in [-0.15, -0.1) is 0 Å². The van der Waals surface area contributed by atoms with Gasteiger partial charge >= 0.3 is 6.03 Å². The molecule has 0 saturated heterocycles. The number of benzene rings is 1. The van der Waals surface area contributed by atoms with Gasteiger partial charge in [-0.3, -0.25) is 10.4 Å². The summed E-state index contributed by atoms with van der Waals surface area (Å²) in [4.78, 5) is 11.6. The van der Waals surface area contributed by atoms with Crippen molar-refractivity contribution in [1.29, 1.82) is 0 Å². The molecule has 2 rings (SSSR count). The number of nitrogens with one attached hydrogen (secondary N) is 3. The standard InChI is InChI=1S/C10H10ClN5O/c11-6-3-1-2-4-8(6)14-10(17)15-9-7(12)5-13-16-9/h1-5H,12H2,(H3,13,14,15,16,17). The lowest BCUT2D eigenvalue weighted by molar-refractivity contribution is 0.262. The van der Waals surface area contributed by atoms with Gasteiger partial charge in [-0.2, -0.15) is 5.10 Å². The van der Waals surface area contributed by atoms with E-state index in [4.69, 9.17) is 17.3 Å². The molecule has 2 amide bonds. The average Bonchev–Trinajstić information content (AvgIpc) is 2.68. The van der Waals surface area contributed by atoms with E-state index in [9.17, 15) is 4.79 Å². The Morgan fingerprint density at radius 2 is 2.12 bits per heavy atom. The quantitative estimate of drug-likeness (QED) is 0.659. The number of aromatic amines is 1. The van der Waals surface area contributed by atoms with Gasteiger partial charge in [-0.1, -0.05) is 23.7 Å². The first kappa shape index (κ1) is 11.3. The van der Waals surface area contributed by atoms with Crippen LogP contribution in [0.25, 0.3) is 0 Å². The predicted octanol–water partition coefficient (Wildman–Crippen LogP) is 2.29. The molecular formula is C10H10ClN5O. The number of nitrogens with zero attached hydrogens (tertiary/aromatic N) is 1. The minimum atomic E-state index is -0.450. The Kier molecular flexibility index (Phi) is 3.15. The van der Waals surface area contributed by atoms with E-state index in [0.717, 1.165) is 0 Å². The minimum absolute atomic E-state index is 0.342. The Morgan fingerprint density at radius 1 is 1.35 bits per heavy atom. The van der Waals surface area contributed by atoms with Crippen LogP contribution in [0, 0.1) is 0 Å². The third-order valence-electron chi connectivity index (χ3n) is 2.03. The van der Waals surface area contributed by atoms with E-state index in [1.54, 1.807) is 24.3 Å². The van der Waals surface area contributed by atoms with Crippen LogP contribution in [-0.4, -0.2) is 16.2 Å². The van der Waals surface area contributed by atoms with Crippen LogP contribution in [-0.2, 0) is 0 Å². The number of nitrogen functional groups attached to an aromatic ring is 1. The highest BCUT2D eigenvalue weighted by atomic mass is 35.5. The molecule has 2 aromatic rings. The first-order chi connectivity index (χ1) is 8.16. The molecule has 1 heterocycles. The number of anilines is 3. The van der Waals surface area contributed by atoms with Gasteiger partial charge in [-0.05, 0) is 12.1 Å². The summed E-state index contributed by atoms with van der Waals surface area (Å²) >= 11 is 5.89. The summed E-state index contributed by atoms with van der Waals surface area (Å²) in [6.07, 6.45) is 1.41. The highest BCUT2D eigenvalue weighted by molar-refractivity contribution is 6.33. The number of H-pyrrole nitrogens is 1. The first-order valence-electron chi connectivity index (χ1n) is 4.78. The molecule has 0 atom stereocenters. The fraction of sp³-hybridized carbons (Fsp3) is 0. The molecule has 5 N–H and O–H groups in total. The van der Waals surface area contributed by atoms with Crippen molar-refractivity contribution in [2.24, 2.45) is 0 Å². The number of amides is 2. The van der Waals surface area contributed by atoms with Crippen molar-refractivity contribution in [3.63, 3.8) is 0 Å². The van der Waals surface area contributed by atoms with E-state index in [0.29, 0.717) is 22.2 Å². The van der Waals surface area contributed by atoms with Crippen molar-refractivity contribution >= 4 is 34.8 Å². The van der Waals surface area contributed by atoms with Gasteiger partial charge in [0.1, 0.15) is 0 Å². The number of aromatic nitrogens is 2. The molecule has 0 unspecified atom stereocenters.